The number of hydrogen-bond acceptors (Lipinski definition) is 1. The lowest BCUT2D eigenvalue weighted by Gasteiger charge is -1.93. The number of carbonyl (C=O) groups is 1. The Labute approximate surface area is 86.7 Å². The highest BCUT2D eigenvalue weighted by Crippen LogP contribution is 2.25. The Morgan fingerprint density at radius 2 is 2.14 bits per heavy atom. The van der Waals surface area contributed by atoms with Gasteiger partial charge in [0.2, 0.25) is 0 Å². The van der Waals surface area contributed by atoms with E-state index in [2.05, 4.69) is 20.9 Å². The van der Waals surface area contributed by atoms with Crippen LogP contribution in [-0.2, 0) is 0 Å². The van der Waals surface area contributed by atoms with Crippen LogP contribution in [0.5, 0.6) is 0 Å². The van der Waals surface area contributed by atoms with Crippen LogP contribution >= 0.6 is 15.9 Å². The number of nitrogens with one attached hydrogen (secondary N) is 1. The van der Waals surface area contributed by atoms with E-state index >= 15 is 0 Å². The van der Waals surface area contributed by atoms with Crippen molar-refractivity contribution in [1.82, 2.24) is 4.98 Å². The summed E-state index contributed by atoms with van der Waals surface area (Å²) < 4.78 is 13.4. The van der Waals surface area contributed by atoms with E-state index in [1.165, 1.54) is 18.2 Å². The normalized spacial score (nSPS) is 10.7. The molecule has 0 unspecified atom stereocenters. The van der Waals surface area contributed by atoms with Gasteiger partial charge in [-0.2, -0.15) is 0 Å². The Morgan fingerprint density at radius 1 is 1.43 bits per heavy atom. The van der Waals surface area contributed by atoms with E-state index in [0.29, 0.717) is 15.4 Å². The number of carboxylic acid groups (broad SMARTS) is 1. The van der Waals surface area contributed by atoms with E-state index < -0.39 is 11.8 Å². The Bertz CT molecular complexity index is 521. The van der Waals surface area contributed by atoms with Gasteiger partial charge < -0.3 is 10.1 Å². The molecule has 3 nitrogen and oxygen atoms in total. The first-order chi connectivity index (χ1) is 6.58. The van der Waals surface area contributed by atoms with Gasteiger partial charge in [0.05, 0.1) is 5.52 Å². The average Bonchev–Trinajstić information content (AvgIpc) is 2.47. The molecule has 2 N–H and O–H groups in total. The molecule has 1 aromatic carbocycles. The summed E-state index contributed by atoms with van der Waals surface area (Å²) in [6, 6.07) is 4.01. The van der Waals surface area contributed by atoms with Gasteiger partial charge in [0.1, 0.15) is 11.5 Å². The monoisotopic (exact) mass is 257 g/mol. The zero-order chi connectivity index (χ0) is 10.3. The summed E-state index contributed by atoms with van der Waals surface area (Å²) in [5.41, 5.74) is 0.514. The lowest BCUT2D eigenvalue weighted by atomic mass is 10.2. The van der Waals surface area contributed by atoms with Gasteiger partial charge in [0.25, 0.3) is 0 Å². The molecule has 0 saturated heterocycles. The summed E-state index contributed by atoms with van der Waals surface area (Å²) >= 11 is 3.16. The van der Waals surface area contributed by atoms with Crippen molar-refractivity contribution in [1.29, 1.82) is 0 Å². The van der Waals surface area contributed by atoms with Crippen molar-refractivity contribution in [3.8, 4) is 0 Å². The Balaban J connectivity index is 2.76. The third-order valence-electron chi connectivity index (χ3n) is 1.88. The van der Waals surface area contributed by atoms with Crippen LogP contribution in [-0.4, -0.2) is 16.1 Å². The number of H-pyrrole nitrogens is 1. The second-order valence-corrected chi connectivity index (χ2v) is 3.69. The third-order valence-corrected chi connectivity index (χ3v) is 2.54. The van der Waals surface area contributed by atoms with E-state index in [-0.39, 0.29) is 5.69 Å². The molecule has 72 valence electrons. The molecule has 0 radical (unpaired) electrons. The van der Waals surface area contributed by atoms with Crippen LogP contribution in [0.25, 0.3) is 10.9 Å². The second-order valence-electron chi connectivity index (χ2n) is 2.84. The van der Waals surface area contributed by atoms with Crippen molar-refractivity contribution in [3.05, 3.63) is 34.2 Å². The summed E-state index contributed by atoms with van der Waals surface area (Å²) in [4.78, 5) is 13.2. The second kappa shape index (κ2) is 3.09. The van der Waals surface area contributed by atoms with Gasteiger partial charge in [-0.1, -0.05) is 0 Å². The Hall–Kier alpha value is -1.36. The van der Waals surface area contributed by atoms with Crippen molar-refractivity contribution in [2.24, 2.45) is 0 Å². The van der Waals surface area contributed by atoms with Crippen molar-refractivity contribution in [3.63, 3.8) is 0 Å². The fourth-order valence-corrected chi connectivity index (χ4v) is 1.82. The predicted molar refractivity (Wildman–Crippen MR) is 52.9 cm³/mol. The lowest BCUT2D eigenvalue weighted by Crippen LogP contribution is -1.94. The SMILES string of the molecule is O=C(O)c1cc2c(Br)cc(F)cc2[nH]1. The summed E-state index contributed by atoms with van der Waals surface area (Å²) in [7, 11) is 0. The van der Waals surface area contributed by atoms with Gasteiger partial charge in [-0.25, -0.2) is 9.18 Å². The predicted octanol–water partition coefficient (Wildman–Crippen LogP) is 2.77. The molecule has 0 amide bonds. The molecule has 0 aliphatic heterocycles. The standard InChI is InChI=1S/C9H5BrFNO2/c10-6-1-4(11)2-7-5(6)3-8(12-7)9(13)14/h1-3,12H,(H,13,14). The number of carboxylic acids is 1. The molecular formula is C9H5BrFNO2. The maximum atomic E-state index is 12.9. The van der Waals surface area contributed by atoms with Crippen molar-refractivity contribution in [2.75, 3.05) is 0 Å². The van der Waals surface area contributed by atoms with Crippen LogP contribution in [0.1, 0.15) is 10.5 Å². The molecule has 1 aromatic heterocycles. The van der Waals surface area contributed by atoms with Crippen LogP contribution < -0.4 is 0 Å². The number of halogens is 2. The number of aromatic nitrogens is 1. The molecule has 0 aliphatic carbocycles. The van der Waals surface area contributed by atoms with E-state index in [1.54, 1.807) is 0 Å². The first-order valence-electron chi connectivity index (χ1n) is 3.79. The van der Waals surface area contributed by atoms with Gasteiger partial charge in [-0.3, -0.25) is 0 Å². The van der Waals surface area contributed by atoms with Crippen LogP contribution in [0.4, 0.5) is 4.39 Å². The average molecular weight is 258 g/mol. The zero-order valence-electron chi connectivity index (χ0n) is 6.84. The Kier molecular flexibility index (Phi) is 2.03. The number of aromatic amines is 1. The van der Waals surface area contributed by atoms with Crippen LogP contribution in [0.2, 0.25) is 0 Å². The van der Waals surface area contributed by atoms with Crippen LogP contribution in [0, 0.1) is 5.82 Å². The number of aromatic carboxylic acids is 1. The molecule has 0 atom stereocenters. The van der Waals surface area contributed by atoms with Crippen molar-refractivity contribution >= 4 is 32.8 Å². The van der Waals surface area contributed by atoms with Gasteiger partial charge in [-0.05, 0) is 34.1 Å². The van der Waals surface area contributed by atoms with E-state index in [4.69, 9.17) is 5.11 Å². The quantitative estimate of drug-likeness (QED) is 0.826. The molecule has 0 spiro atoms. The maximum Gasteiger partial charge on any atom is 0.352 e. The first-order valence-corrected chi connectivity index (χ1v) is 4.58. The summed E-state index contributed by atoms with van der Waals surface area (Å²) in [5.74, 6) is -1.48. The smallest absolute Gasteiger partial charge is 0.352 e. The molecule has 0 saturated carbocycles. The van der Waals surface area contributed by atoms with E-state index in [0.717, 1.165) is 0 Å². The number of benzene rings is 1. The largest absolute Gasteiger partial charge is 0.477 e. The number of hydrogen-bond donors (Lipinski definition) is 2. The maximum absolute atomic E-state index is 12.9. The first kappa shape index (κ1) is 9.21. The highest BCUT2D eigenvalue weighted by atomic mass is 79.9. The topological polar surface area (TPSA) is 53.1 Å². The molecule has 0 bridgehead atoms. The molecule has 0 aliphatic rings. The lowest BCUT2D eigenvalue weighted by molar-refractivity contribution is 0.0691. The molecule has 0 fully saturated rings. The molecule has 2 aromatic rings. The van der Waals surface area contributed by atoms with Gasteiger partial charge in [-0.15, -0.1) is 0 Å². The fraction of sp³-hybridized carbons (Fsp3) is 0. The van der Waals surface area contributed by atoms with E-state index in [1.807, 2.05) is 0 Å². The molecule has 5 heteroatoms. The summed E-state index contributed by atoms with van der Waals surface area (Å²) in [6.45, 7) is 0. The molecule has 2 rings (SSSR count). The van der Waals surface area contributed by atoms with Crippen molar-refractivity contribution < 1.29 is 14.3 Å². The summed E-state index contributed by atoms with van der Waals surface area (Å²) in [5, 5.41) is 9.36. The third kappa shape index (κ3) is 1.39. The highest BCUT2D eigenvalue weighted by molar-refractivity contribution is 9.10. The molecule has 14 heavy (non-hydrogen) atoms. The van der Waals surface area contributed by atoms with Gasteiger partial charge in [0, 0.05) is 9.86 Å². The van der Waals surface area contributed by atoms with Crippen LogP contribution in [0.15, 0.2) is 22.7 Å². The summed E-state index contributed by atoms with van der Waals surface area (Å²) in [6.07, 6.45) is 0. The van der Waals surface area contributed by atoms with Crippen LogP contribution in [0.3, 0.4) is 0 Å². The number of rotatable bonds is 1. The van der Waals surface area contributed by atoms with Crippen molar-refractivity contribution in [2.45, 2.75) is 0 Å². The number of fused-ring (bicyclic) bond motifs is 1. The minimum absolute atomic E-state index is 0.0475. The fourth-order valence-electron chi connectivity index (χ4n) is 1.28. The molecular weight excluding hydrogens is 253 g/mol. The minimum Gasteiger partial charge on any atom is -0.477 e. The highest BCUT2D eigenvalue weighted by Gasteiger charge is 2.10. The molecule has 1 heterocycles. The van der Waals surface area contributed by atoms with Gasteiger partial charge >= 0.3 is 5.97 Å². The van der Waals surface area contributed by atoms with E-state index in [9.17, 15) is 9.18 Å². The zero-order valence-corrected chi connectivity index (χ0v) is 8.43. The van der Waals surface area contributed by atoms with Gasteiger partial charge in [0.15, 0.2) is 0 Å². The Morgan fingerprint density at radius 3 is 2.79 bits per heavy atom. The minimum atomic E-state index is -1.06.